The Balaban J connectivity index is 1.69. The van der Waals surface area contributed by atoms with Crippen LogP contribution in [0.1, 0.15) is 52.2 Å². The zero-order valence-corrected chi connectivity index (χ0v) is 11.5. The number of thiophene rings is 1. The van der Waals surface area contributed by atoms with Crippen molar-refractivity contribution in [2.24, 2.45) is 17.8 Å². The van der Waals surface area contributed by atoms with Gasteiger partial charge in [0.15, 0.2) is 5.78 Å². The highest BCUT2D eigenvalue weighted by molar-refractivity contribution is 7.14. The van der Waals surface area contributed by atoms with E-state index >= 15 is 0 Å². The lowest BCUT2D eigenvalue weighted by Gasteiger charge is -2.20. The minimum atomic E-state index is 0.401. The average Bonchev–Trinajstić information content (AvgIpc) is 2.93. The minimum absolute atomic E-state index is 0.401. The van der Waals surface area contributed by atoms with Gasteiger partial charge in [0.05, 0.1) is 4.88 Å². The number of rotatable bonds is 3. The highest BCUT2D eigenvalue weighted by Crippen LogP contribution is 2.50. The predicted octanol–water partition coefficient (Wildman–Crippen LogP) is 4.37. The quantitative estimate of drug-likeness (QED) is 0.726. The van der Waals surface area contributed by atoms with E-state index in [0.717, 1.165) is 23.1 Å². The van der Waals surface area contributed by atoms with Gasteiger partial charge in [-0.05, 0) is 62.5 Å². The van der Waals surface area contributed by atoms with Crippen LogP contribution in [0, 0.1) is 31.6 Å². The monoisotopic (exact) mass is 248 g/mol. The van der Waals surface area contributed by atoms with E-state index in [1.807, 2.05) is 0 Å². The van der Waals surface area contributed by atoms with Crippen LogP contribution < -0.4 is 0 Å². The van der Waals surface area contributed by atoms with Crippen molar-refractivity contribution in [1.82, 2.24) is 0 Å². The molecule has 0 spiro atoms. The normalized spacial score (nSPS) is 31.1. The molecule has 0 saturated heterocycles. The van der Waals surface area contributed by atoms with E-state index in [-0.39, 0.29) is 0 Å². The summed E-state index contributed by atoms with van der Waals surface area (Å²) < 4.78 is 0. The standard InChI is InChI=1S/C15H20OS/c1-9-5-10(2)17-15(9)14(16)8-13-7-11-3-4-12(13)6-11/h5,11-13H,3-4,6-8H2,1-2H3. The van der Waals surface area contributed by atoms with Gasteiger partial charge in [0.1, 0.15) is 0 Å². The largest absolute Gasteiger partial charge is 0.293 e. The second-order valence-corrected chi connectivity index (χ2v) is 7.19. The van der Waals surface area contributed by atoms with Gasteiger partial charge in [-0.3, -0.25) is 4.79 Å². The summed E-state index contributed by atoms with van der Waals surface area (Å²) in [5.74, 6) is 2.91. The molecule has 2 aliphatic rings. The van der Waals surface area contributed by atoms with Crippen molar-refractivity contribution < 1.29 is 4.79 Å². The lowest BCUT2D eigenvalue weighted by Crippen LogP contribution is -2.15. The molecule has 2 fully saturated rings. The van der Waals surface area contributed by atoms with Crippen LogP contribution in [0.15, 0.2) is 6.07 Å². The van der Waals surface area contributed by atoms with E-state index in [1.165, 1.54) is 36.1 Å². The molecule has 2 aliphatic carbocycles. The maximum Gasteiger partial charge on any atom is 0.173 e. The summed E-state index contributed by atoms with van der Waals surface area (Å²) in [6, 6.07) is 2.14. The lowest BCUT2D eigenvalue weighted by molar-refractivity contribution is 0.0948. The molecule has 1 nitrogen and oxygen atoms in total. The van der Waals surface area contributed by atoms with Crippen molar-refractivity contribution in [3.63, 3.8) is 0 Å². The molecule has 17 heavy (non-hydrogen) atoms. The maximum atomic E-state index is 12.3. The van der Waals surface area contributed by atoms with Crippen LogP contribution >= 0.6 is 11.3 Å². The summed E-state index contributed by atoms with van der Waals surface area (Å²) in [6.07, 6.45) is 6.33. The van der Waals surface area contributed by atoms with E-state index in [0.29, 0.717) is 11.7 Å². The molecule has 0 aliphatic heterocycles. The molecule has 1 heterocycles. The molecule has 1 aromatic rings. The van der Waals surface area contributed by atoms with Crippen molar-refractivity contribution in [3.05, 3.63) is 21.4 Å². The van der Waals surface area contributed by atoms with Gasteiger partial charge in [-0.1, -0.05) is 6.42 Å². The Bertz CT molecular complexity index is 446. The molecular formula is C15H20OS. The van der Waals surface area contributed by atoms with Crippen LogP contribution in [0.4, 0.5) is 0 Å². The summed E-state index contributed by atoms with van der Waals surface area (Å²) in [4.78, 5) is 14.6. The van der Waals surface area contributed by atoms with Gasteiger partial charge in [0.2, 0.25) is 0 Å². The van der Waals surface area contributed by atoms with Crippen molar-refractivity contribution in [2.45, 2.75) is 46.0 Å². The van der Waals surface area contributed by atoms with Crippen LogP contribution in [-0.4, -0.2) is 5.78 Å². The molecule has 0 radical (unpaired) electrons. The number of hydrogen-bond donors (Lipinski definition) is 0. The van der Waals surface area contributed by atoms with Gasteiger partial charge >= 0.3 is 0 Å². The van der Waals surface area contributed by atoms with E-state index in [9.17, 15) is 4.79 Å². The molecule has 3 atom stereocenters. The summed E-state index contributed by atoms with van der Waals surface area (Å²) in [5, 5.41) is 0. The van der Waals surface area contributed by atoms with Crippen LogP contribution in [0.3, 0.4) is 0 Å². The summed E-state index contributed by atoms with van der Waals surface area (Å²) in [7, 11) is 0. The van der Waals surface area contributed by atoms with E-state index in [1.54, 1.807) is 11.3 Å². The molecule has 0 aromatic carbocycles. The van der Waals surface area contributed by atoms with Gasteiger partial charge in [-0.25, -0.2) is 0 Å². The number of aryl methyl sites for hydroxylation is 2. The number of ketones is 1. The third-order valence-corrected chi connectivity index (χ3v) is 5.82. The first-order valence-corrected chi connectivity index (χ1v) is 7.55. The average molecular weight is 248 g/mol. The Morgan fingerprint density at radius 1 is 1.35 bits per heavy atom. The van der Waals surface area contributed by atoms with Crippen molar-refractivity contribution in [2.75, 3.05) is 0 Å². The highest BCUT2D eigenvalue weighted by atomic mass is 32.1. The first kappa shape index (κ1) is 11.5. The molecule has 2 saturated carbocycles. The topological polar surface area (TPSA) is 17.1 Å². The van der Waals surface area contributed by atoms with Gasteiger partial charge in [0.25, 0.3) is 0 Å². The van der Waals surface area contributed by atoms with E-state index < -0.39 is 0 Å². The summed E-state index contributed by atoms with van der Waals surface area (Å²) in [6.45, 7) is 4.16. The van der Waals surface area contributed by atoms with Crippen molar-refractivity contribution in [1.29, 1.82) is 0 Å². The third kappa shape index (κ3) is 2.08. The SMILES string of the molecule is Cc1cc(C)c(C(=O)CC2CC3CCC2C3)s1. The molecular weight excluding hydrogens is 228 g/mol. The minimum Gasteiger partial charge on any atom is -0.293 e. The molecule has 3 rings (SSSR count). The van der Waals surface area contributed by atoms with Crippen LogP contribution in [0.2, 0.25) is 0 Å². The number of carbonyl (C=O) groups is 1. The number of hydrogen-bond acceptors (Lipinski definition) is 2. The second kappa shape index (κ2) is 4.24. The second-order valence-electron chi connectivity index (χ2n) is 5.93. The van der Waals surface area contributed by atoms with Crippen LogP contribution in [0.5, 0.6) is 0 Å². The molecule has 1 aromatic heterocycles. The van der Waals surface area contributed by atoms with E-state index in [4.69, 9.17) is 0 Å². The number of fused-ring (bicyclic) bond motifs is 2. The van der Waals surface area contributed by atoms with Crippen LogP contribution in [0.25, 0.3) is 0 Å². The summed E-state index contributed by atoms with van der Waals surface area (Å²) in [5.41, 5.74) is 1.18. The van der Waals surface area contributed by atoms with Gasteiger partial charge in [-0.15, -0.1) is 11.3 Å². The smallest absolute Gasteiger partial charge is 0.173 e. The number of Topliss-reactive ketones (excluding diaryl/α,β-unsaturated/α-hetero) is 1. The molecule has 2 heteroatoms. The Labute approximate surface area is 107 Å². The fourth-order valence-corrected chi connectivity index (χ4v) is 4.85. The molecule has 2 bridgehead atoms. The molecule has 3 unspecified atom stereocenters. The van der Waals surface area contributed by atoms with E-state index in [2.05, 4.69) is 19.9 Å². The first-order chi connectivity index (χ1) is 8.13. The molecule has 0 N–H and O–H groups in total. The van der Waals surface area contributed by atoms with Crippen molar-refractivity contribution >= 4 is 17.1 Å². The Morgan fingerprint density at radius 2 is 2.18 bits per heavy atom. The Morgan fingerprint density at radius 3 is 2.71 bits per heavy atom. The van der Waals surface area contributed by atoms with Crippen LogP contribution in [-0.2, 0) is 0 Å². The first-order valence-electron chi connectivity index (χ1n) is 6.73. The lowest BCUT2D eigenvalue weighted by atomic mass is 9.85. The fraction of sp³-hybridized carbons (Fsp3) is 0.667. The zero-order valence-electron chi connectivity index (χ0n) is 10.7. The Hall–Kier alpha value is -0.630. The highest BCUT2D eigenvalue weighted by Gasteiger charge is 2.40. The zero-order chi connectivity index (χ0) is 12.0. The van der Waals surface area contributed by atoms with Gasteiger partial charge in [-0.2, -0.15) is 0 Å². The summed E-state index contributed by atoms with van der Waals surface area (Å²) >= 11 is 1.68. The fourth-order valence-electron chi connectivity index (χ4n) is 3.88. The van der Waals surface area contributed by atoms with Crippen molar-refractivity contribution in [3.8, 4) is 0 Å². The van der Waals surface area contributed by atoms with Gasteiger partial charge < -0.3 is 0 Å². The number of carbonyl (C=O) groups excluding carboxylic acids is 1. The third-order valence-electron chi connectivity index (χ3n) is 4.63. The predicted molar refractivity (Wildman–Crippen MR) is 71.7 cm³/mol. The Kier molecular flexibility index (Phi) is 2.86. The molecule has 0 amide bonds. The maximum absolute atomic E-state index is 12.3. The van der Waals surface area contributed by atoms with Gasteiger partial charge in [0, 0.05) is 11.3 Å². The molecule has 92 valence electrons.